The fourth-order valence-electron chi connectivity index (χ4n) is 4.85. The second-order valence-electron chi connectivity index (χ2n) is 9.90. The highest BCUT2D eigenvalue weighted by Crippen LogP contribution is 2.28. The molecule has 0 aliphatic carbocycles. The third-order valence-corrected chi connectivity index (χ3v) is 9.96. The summed E-state index contributed by atoms with van der Waals surface area (Å²) in [5.41, 5.74) is 5.11. The fraction of sp³-hybridized carbons (Fsp3) is 0.226. The number of hydrogen-bond donors (Lipinski definition) is 0. The van der Waals surface area contributed by atoms with Gasteiger partial charge in [-0.1, -0.05) is 72.3 Å². The lowest BCUT2D eigenvalue weighted by molar-refractivity contribution is 0.406. The first-order chi connectivity index (χ1) is 18.4. The van der Waals surface area contributed by atoms with Crippen molar-refractivity contribution in [2.45, 2.75) is 43.5 Å². The quantitative estimate of drug-likeness (QED) is 0.240. The molecule has 39 heavy (non-hydrogen) atoms. The van der Waals surface area contributed by atoms with Crippen LogP contribution in [-0.4, -0.2) is 33.9 Å². The van der Waals surface area contributed by atoms with Crippen LogP contribution in [0.15, 0.2) is 94.7 Å². The molecular formula is C31H32FNO4S2. The van der Waals surface area contributed by atoms with Crippen molar-refractivity contribution in [3.05, 3.63) is 119 Å². The molecule has 8 heteroatoms. The van der Waals surface area contributed by atoms with E-state index in [0.29, 0.717) is 16.7 Å². The average molecular weight is 566 g/mol. The maximum absolute atomic E-state index is 14.4. The molecule has 0 atom stereocenters. The highest BCUT2D eigenvalue weighted by molar-refractivity contribution is 7.90. The Hall–Kier alpha value is -3.33. The maximum atomic E-state index is 14.4. The van der Waals surface area contributed by atoms with Crippen LogP contribution in [0, 0.1) is 26.6 Å². The Labute approximate surface area is 230 Å². The second kappa shape index (κ2) is 11.4. The monoisotopic (exact) mass is 565 g/mol. The number of halogens is 1. The van der Waals surface area contributed by atoms with Crippen LogP contribution in [0.2, 0.25) is 0 Å². The predicted octanol–water partition coefficient (Wildman–Crippen LogP) is 6.26. The Kier molecular flexibility index (Phi) is 8.39. The van der Waals surface area contributed by atoms with Crippen LogP contribution in [0.3, 0.4) is 0 Å². The van der Waals surface area contributed by atoms with Crippen molar-refractivity contribution in [2.75, 3.05) is 12.8 Å². The topological polar surface area (TPSA) is 71.5 Å². The molecule has 4 rings (SSSR count). The van der Waals surface area contributed by atoms with Gasteiger partial charge in [-0.2, -0.15) is 4.31 Å². The van der Waals surface area contributed by atoms with Gasteiger partial charge in [-0.15, -0.1) is 0 Å². The number of hydrogen-bond acceptors (Lipinski definition) is 4. The summed E-state index contributed by atoms with van der Waals surface area (Å²) in [5.74, 6) is -0.363. The van der Waals surface area contributed by atoms with E-state index in [-0.39, 0.29) is 35.1 Å². The minimum Gasteiger partial charge on any atom is -0.224 e. The molecule has 5 nitrogen and oxygen atoms in total. The van der Waals surface area contributed by atoms with Crippen LogP contribution in [0.5, 0.6) is 0 Å². The molecule has 0 fully saturated rings. The van der Waals surface area contributed by atoms with E-state index < -0.39 is 19.9 Å². The van der Waals surface area contributed by atoms with Crippen LogP contribution < -0.4 is 0 Å². The van der Waals surface area contributed by atoms with E-state index in [1.54, 1.807) is 50.2 Å². The smallest absolute Gasteiger partial charge is 0.224 e. The first-order valence-electron chi connectivity index (χ1n) is 12.6. The Morgan fingerprint density at radius 1 is 0.744 bits per heavy atom. The average Bonchev–Trinajstić information content (AvgIpc) is 2.86. The molecule has 0 unspecified atom stereocenters. The molecule has 4 aromatic rings. The van der Waals surface area contributed by atoms with Crippen molar-refractivity contribution in [2.24, 2.45) is 0 Å². The van der Waals surface area contributed by atoms with Crippen LogP contribution in [0.4, 0.5) is 4.39 Å². The minimum atomic E-state index is -3.90. The third-order valence-electron chi connectivity index (χ3n) is 6.70. The van der Waals surface area contributed by atoms with Gasteiger partial charge in [0.05, 0.1) is 9.79 Å². The van der Waals surface area contributed by atoms with Gasteiger partial charge in [-0.3, -0.25) is 0 Å². The number of sulfonamides is 1. The van der Waals surface area contributed by atoms with E-state index >= 15 is 0 Å². The van der Waals surface area contributed by atoms with Crippen LogP contribution in [-0.2, 0) is 32.8 Å². The second-order valence-corrected chi connectivity index (χ2v) is 13.8. The van der Waals surface area contributed by atoms with Crippen molar-refractivity contribution < 1.29 is 21.2 Å². The van der Waals surface area contributed by atoms with Gasteiger partial charge in [-0.05, 0) is 78.8 Å². The molecule has 0 aliphatic heterocycles. The molecule has 0 radical (unpaired) electrons. The largest absolute Gasteiger partial charge is 0.243 e. The molecule has 0 spiro atoms. The zero-order chi connectivity index (χ0) is 28.4. The van der Waals surface area contributed by atoms with Gasteiger partial charge in [0, 0.05) is 19.3 Å². The van der Waals surface area contributed by atoms with Gasteiger partial charge >= 0.3 is 0 Å². The van der Waals surface area contributed by atoms with E-state index in [0.717, 1.165) is 22.3 Å². The lowest BCUT2D eigenvalue weighted by Crippen LogP contribution is -2.33. The van der Waals surface area contributed by atoms with Gasteiger partial charge in [-0.25, -0.2) is 21.2 Å². The SMILES string of the molecule is Cc1cc(C)c(S(=O)(=O)N(CCc2ccccc2F)Cc2ccc(-c3cccc(S(C)(=O)=O)c3)cc2)c(C)c1. The summed E-state index contributed by atoms with van der Waals surface area (Å²) in [6.45, 7) is 5.73. The summed E-state index contributed by atoms with van der Waals surface area (Å²) in [6, 6.07) is 24.2. The van der Waals surface area contributed by atoms with Crippen LogP contribution in [0.25, 0.3) is 11.1 Å². The number of rotatable bonds is 9. The molecule has 204 valence electrons. The van der Waals surface area contributed by atoms with Gasteiger partial charge in [0.2, 0.25) is 10.0 Å². The molecule has 0 heterocycles. The van der Waals surface area contributed by atoms with Gasteiger partial charge in [0.1, 0.15) is 5.82 Å². The highest BCUT2D eigenvalue weighted by atomic mass is 32.2. The van der Waals surface area contributed by atoms with E-state index in [1.807, 2.05) is 49.4 Å². The van der Waals surface area contributed by atoms with E-state index in [1.165, 1.54) is 16.6 Å². The summed E-state index contributed by atoms with van der Waals surface area (Å²) in [4.78, 5) is 0.508. The third kappa shape index (κ3) is 6.64. The first-order valence-corrected chi connectivity index (χ1v) is 15.9. The molecule has 0 bridgehead atoms. The van der Waals surface area contributed by atoms with Crippen LogP contribution in [0.1, 0.15) is 27.8 Å². The molecule has 0 saturated carbocycles. The van der Waals surface area contributed by atoms with Crippen molar-refractivity contribution in [1.82, 2.24) is 4.31 Å². The lowest BCUT2D eigenvalue weighted by atomic mass is 10.0. The maximum Gasteiger partial charge on any atom is 0.243 e. The lowest BCUT2D eigenvalue weighted by Gasteiger charge is -2.25. The summed E-state index contributed by atoms with van der Waals surface area (Å²) in [5, 5.41) is 0. The van der Waals surface area contributed by atoms with E-state index in [9.17, 15) is 21.2 Å². The van der Waals surface area contributed by atoms with E-state index in [4.69, 9.17) is 0 Å². The number of sulfone groups is 1. The van der Waals surface area contributed by atoms with Crippen molar-refractivity contribution in [3.63, 3.8) is 0 Å². The minimum absolute atomic E-state index is 0.104. The standard InChI is InChI=1S/C31H32FNO4S2/c1-22-18-23(2)31(24(3)19-22)39(36,37)33(17-16-27-8-5-6-11-30(27)32)21-25-12-14-26(15-13-25)28-9-7-10-29(20-28)38(4,34)35/h5-15,18-20H,16-17,21H2,1-4H3. The summed E-state index contributed by atoms with van der Waals surface area (Å²) in [6.07, 6.45) is 1.40. The number of benzene rings is 4. The number of aryl methyl sites for hydroxylation is 3. The summed E-state index contributed by atoms with van der Waals surface area (Å²) in [7, 11) is -7.24. The van der Waals surface area contributed by atoms with Crippen LogP contribution >= 0.6 is 0 Å². The molecule has 4 aromatic carbocycles. The van der Waals surface area contributed by atoms with Gasteiger partial charge < -0.3 is 0 Å². The zero-order valence-electron chi connectivity index (χ0n) is 22.5. The molecular weight excluding hydrogens is 533 g/mol. The van der Waals surface area contributed by atoms with E-state index in [2.05, 4.69) is 0 Å². The predicted molar refractivity (Wildman–Crippen MR) is 153 cm³/mol. The molecule has 0 aromatic heterocycles. The van der Waals surface area contributed by atoms with Gasteiger partial charge in [0.25, 0.3) is 0 Å². The Morgan fingerprint density at radius 2 is 1.38 bits per heavy atom. The summed E-state index contributed by atoms with van der Waals surface area (Å²) < 4.78 is 67.7. The van der Waals surface area contributed by atoms with Gasteiger partial charge in [0.15, 0.2) is 9.84 Å². The Bertz CT molecular complexity index is 1690. The molecule has 0 saturated heterocycles. The normalized spacial score (nSPS) is 12.2. The Morgan fingerprint density at radius 3 is 2.00 bits per heavy atom. The van der Waals surface area contributed by atoms with Crippen molar-refractivity contribution in [3.8, 4) is 11.1 Å². The highest BCUT2D eigenvalue weighted by Gasteiger charge is 2.28. The van der Waals surface area contributed by atoms with Crippen molar-refractivity contribution in [1.29, 1.82) is 0 Å². The fourth-order valence-corrected chi connectivity index (χ4v) is 7.35. The Balaban J connectivity index is 1.67. The molecule has 0 N–H and O–H groups in total. The molecule has 0 aliphatic rings. The molecule has 0 amide bonds. The summed E-state index contributed by atoms with van der Waals surface area (Å²) >= 11 is 0. The number of nitrogens with zero attached hydrogens (tertiary/aromatic N) is 1. The van der Waals surface area contributed by atoms with Crippen molar-refractivity contribution >= 4 is 19.9 Å². The first kappa shape index (κ1) is 28.7. The zero-order valence-corrected chi connectivity index (χ0v) is 24.1.